The van der Waals surface area contributed by atoms with Crippen LogP contribution < -0.4 is 5.32 Å². The Balaban J connectivity index is 1.36. The van der Waals surface area contributed by atoms with Gasteiger partial charge in [0.2, 0.25) is 0 Å². The van der Waals surface area contributed by atoms with Gasteiger partial charge in [-0.1, -0.05) is 66.4 Å². The number of rotatable bonds is 8. The normalized spacial score (nSPS) is 11.7. The summed E-state index contributed by atoms with van der Waals surface area (Å²) in [4.78, 5) is 18.2. The molecule has 0 fully saturated rings. The summed E-state index contributed by atoms with van der Waals surface area (Å²) in [6.45, 7) is 1.32. The highest BCUT2D eigenvalue weighted by atomic mass is 16.3. The Morgan fingerprint density at radius 3 is 2.68 bits per heavy atom. The summed E-state index contributed by atoms with van der Waals surface area (Å²) in [5.41, 5.74) is 4.67. The van der Waals surface area contributed by atoms with Gasteiger partial charge in [-0.2, -0.15) is 0 Å². The van der Waals surface area contributed by atoms with Crippen molar-refractivity contribution in [3.8, 4) is 11.8 Å². The number of hydrogen-bond donors (Lipinski definition) is 3. The first-order valence-electron chi connectivity index (χ1n) is 11.4. The van der Waals surface area contributed by atoms with Crippen molar-refractivity contribution in [1.82, 2.24) is 15.2 Å². The van der Waals surface area contributed by atoms with Crippen LogP contribution in [0.4, 0.5) is 0 Å². The van der Waals surface area contributed by atoms with E-state index in [0.717, 1.165) is 28.6 Å². The molecule has 0 bridgehead atoms. The number of hydrogen-bond acceptors (Lipinski definition) is 3. The van der Waals surface area contributed by atoms with Crippen LogP contribution in [0.15, 0.2) is 85.1 Å². The van der Waals surface area contributed by atoms with Gasteiger partial charge in [0.25, 0.3) is 5.91 Å². The van der Waals surface area contributed by atoms with E-state index in [1.165, 1.54) is 5.56 Å². The fourth-order valence-electron chi connectivity index (χ4n) is 3.96. The number of fused-ring (bicyclic) bond motifs is 1. The van der Waals surface area contributed by atoms with Crippen LogP contribution >= 0.6 is 0 Å². The maximum atomic E-state index is 12.9. The van der Waals surface area contributed by atoms with Crippen LogP contribution in [-0.4, -0.2) is 47.1 Å². The van der Waals surface area contributed by atoms with Gasteiger partial charge in [0, 0.05) is 34.8 Å². The number of benzene rings is 3. The number of H-pyrrole nitrogens is 1. The number of aromatic nitrogens is 1. The Kier molecular flexibility index (Phi) is 7.77. The summed E-state index contributed by atoms with van der Waals surface area (Å²) in [6, 6.07) is 25.2. The average molecular weight is 452 g/mol. The first kappa shape index (κ1) is 23.3. The molecule has 4 aromatic rings. The van der Waals surface area contributed by atoms with E-state index in [0.29, 0.717) is 18.5 Å². The van der Waals surface area contributed by atoms with Crippen molar-refractivity contribution in [3.63, 3.8) is 0 Å². The first-order chi connectivity index (χ1) is 16.6. The summed E-state index contributed by atoms with van der Waals surface area (Å²) in [7, 11) is 2.04. The summed E-state index contributed by atoms with van der Waals surface area (Å²) in [5.74, 6) is 6.12. The molecule has 0 aliphatic carbocycles. The summed E-state index contributed by atoms with van der Waals surface area (Å²) in [5, 5.41) is 13.9. The molecule has 1 atom stereocenters. The number of amides is 1. The van der Waals surface area contributed by atoms with Crippen LogP contribution in [0, 0.1) is 11.8 Å². The van der Waals surface area contributed by atoms with E-state index in [1.54, 1.807) is 12.1 Å². The van der Waals surface area contributed by atoms with E-state index in [-0.39, 0.29) is 18.6 Å². The number of aliphatic hydroxyl groups is 1. The average Bonchev–Trinajstić information content (AvgIpc) is 3.27. The Labute approximate surface area is 200 Å². The maximum absolute atomic E-state index is 12.9. The third-order valence-electron chi connectivity index (χ3n) is 5.70. The molecule has 0 aliphatic rings. The molecule has 4 rings (SSSR count). The smallest absolute Gasteiger partial charge is 0.251 e. The second kappa shape index (κ2) is 11.3. The van der Waals surface area contributed by atoms with Gasteiger partial charge in [-0.3, -0.25) is 9.69 Å². The molecule has 1 amide bonds. The molecule has 5 heteroatoms. The predicted octanol–water partition coefficient (Wildman–Crippen LogP) is 3.98. The van der Waals surface area contributed by atoms with E-state index in [2.05, 4.69) is 39.2 Å². The lowest BCUT2D eigenvalue weighted by Crippen LogP contribution is -2.39. The van der Waals surface area contributed by atoms with E-state index in [4.69, 9.17) is 0 Å². The lowest BCUT2D eigenvalue weighted by Gasteiger charge is -2.16. The van der Waals surface area contributed by atoms with Gasteiger partial charge in [-0.25, -0.2) is 0 Å². The minimum absolute atomic E-state index is 0.140. The van der Waals surface area contributed by atoms with Gasteiger partial charge in [-0.15, -0.1) is 0 Å². The molecule has 3 aromatic carbocycles. The molecular weight excluding hydrogens is 422 g/mol. The van der Waals surface area contributed by atoms with Crippen LogP contribution in [0.3, 0.4) is 0 Å². The Morgan fingerprint density at radius 2 is 1.85 bits per heavy atom. The molecule has 0 saturated heterocycles. The van der Waals surface area contributed by atoms with Crippen LogP contribution in [0.1, 0.15) is 27.0 Å². The number of aliphatic hydroxyl groups excluding tert-OH is 1. The van der Waals surface area contributed by atoms with E-state index in [9.17, 15) is 9.90 Å². The summed E-state index contributed by atoms with van der Waals surface area (Å²) in [6.07, 6.45) is 2.48. The van der Waals surface area contributed by atoms with Crippen LogP contribution in [0.5, 0.6) is 0 Å². The number of carbonyl (C=O) groups excluding carboxylic acids is 1. The number of nitrogens with one attached hydrogen (secondary N) is 2. The molecule has 1 aromatic heterocycles. The standard InChI is InChI=1S/C29H29N3O2/c1-32(20-23-9-3-2-4-10-23)16-8-12-22-11-7-13-24(17-22)29(34)31-26(21-33)18-25-19-30-28-15-6-5-14-27(25)28/h2-7,9-11,13-15,17,19,26,30,33H,16,18,20-21H2,1H3,(H,31,34). The van der Waals surface area contributed by atoms with Crippen molar-refractivity contribution in [2.24, 2.45) is 0 Å². The number of carbonyl (C=O) groups is 1. The zero-order valence-corrected chi connectivity index (χ0v) is 19.3. The Morgan fingerprint density at radius 1 is 1.06 bits per heavy atom. The molecule has 0 aliphatic heterocycles. The topological polar surface area (TPSA) is 68.4 Å². The number of aromatic amines is 1. The van der Waals surface area contributed by atoms with Gasteiger partial charge < -0.3 is 15.4 Å². The summed E-state index contributed by atoms with van der Waals surface area (Å²) >= 11 is 0. The monoisotopic (exact) mass is 451 g/mol. The fraction of sp³-hybridized carbons (Fsp3) is 0.207. The quantitative estimate of drug-likeness (QED) is 0.355. The molecule has 3 N–H and O–H groups in total. The maximum Gasteiger partial charge on any atom is 0.251 e. The van der Waals surface area contributed by atoms with Gasteiger partial charge in [0.15, 0.2) is 0 Å². The van der Waals surface area contributed by atoms with E-state index >= 15 is 0 Å². The van der Waals surface area contributed by atoms with Gasteiger partial charge in [-0.05, 0) is 48.9 Å². The van der Waals surface area contributed by atoms with Crippen molar-refractivity contribution < 1.29 is 9.90 Å². The Hall–Kier alpha value is -3.85. The van der Waals surface area contributed by atoms with Crippen molar-refractivity contribution in [1.29, 1.82) is 0 Å². The molecule has 0 spiro atoms. The van der Waals surface area contributed by atoms with Gasteiger partial charge in [0.05, 0.1) is 19.2 Å². The van der Waals surface area contributed by atoms with Crippen molar-refractivity contribution in [2.75, 3.05) is 20.2 Å². The molecular formula is C29H29N3O2. The zero-order chi connectivity index (χ0) is 23.8. The van der Waals surface area contributed by atoms with Crippen molar-refractivity contribution in [2.45, 2.75) is 19.0 Å². The Bertz CT molecular complexity index is 1300. The largest absolute Gasteiger partial charge is 0.394 e. The first-order valence-corrected chi connectivity index (χ1v) is 11.4. The highest BCUT2D eigenvalue weighted by Gasteiger charge is 2.16. The molecule has 172 valence electrons. The van der Waals surface area contributed by atoms with Crippen LogP contribution in [0.25, 0.3) is 10.9 Å². The third-order valence-corrected chi connectivity index (χ3v) is 5.70. The van der Waals surface area contributed by atoms with Crippen molar-refractivity contribution in [3.05, 3.63) is 107 Å². The molecule has 1 unspecified atom stereocenters. The van der Waals surface area contributed by atoms with Crippen molar-refractivity contribution >= 4 is 16.8 Å². The SMILES string of the molecule is CN(CC#Cc1cccc(C(=O)NC(CO)Cc2c[nH]c3ccccc23)c1)Cc1ccccc1. The lowest BCUT2D eigenvalue weighted by atomic mass is 10.0. The highest BCUT2D eigenvalue weighted by Crippen LogP contribution is 2.19. The predicted molar refractivity (Wildman–Crippen MR) is 136 cm³/mol. The van der Waals surface area contributed by atoms with Crippen LogP contribution in [0.2, 0.25) is 0 Å². The molecule has 1 heterocycles. The fourth-order valence-corrected chi connectivity index (χ4v) is 3.96. The second-order valence-electron chi connectivity index (χ2n) is 8.46. The van der Waals surface area contributed by atoms with E-state index in [1.807, 2.05) is 67.8 Å². The lowest BCUT2D eigenvalue weighted by molar-refractivity contribution is 0.0916. The minimum Gasteiger partial charge on any atom is -0.394 e. The molecule has 5 nitrogen and oxygen atoms in total. The van der Waals surface area contributed by atoms with Crippen LogP contribution in [-0.2, 0) is 13.0 Å². The number of nitrogens with zero attached hydrogens (tertiary/aromatic N) is 1. The number of para-hydroxylation sites is 1. The summed E-state index contributed by atoms with van der Waals surface area (Å²) < 4.78 is 0. The van der Waals surface area contributed by atoms with Gasteiger partial charge in [0.1, 0.15) is 0 Å². The molecule has 0 saturated carbocycles. The second-order valence-corrected chi connectivity index (χ2v) is 8.46. The molecule has 0 radical (unpaired) electrons. The highest BCUT2D eigenvalue weighted by molar-refractivity contribution is 5.94. The zero-order valence-electron chi connectivity index (χ0n) is 19.3. The minimum atomic E-state index is -0.381. The van der Waals surface area contributed by atoms with E-state index < -0.39 is 0 Å². The third kappa shape index (κ3) is 6.14. The van der Waals surface area contributed by atoms with Gasteiger partial charge >= 0.3 is 0 Å². The molecule has 34 heavy (non-hydrogen) atoms.